The van der Waals surface area contributed by atoms with Crippen LogP contribution in [0, 0.1) is 0 Å². The molecule has 2 aliphatic rings. The Labute approximate surface area is 127 Å². The fourth-order valence-corrected chi connectivity index (χ4v) is 4.15. The van der Waals surface area contributed by atoms with E-state index in [-0.39, 0.29) is 0 Å². The lowest BCUT2D eigenvalue weighted by atomic mass is 9.90. The van der Waals surface area contributed by atoms with Gasteiger partial charge in [0.05, 0.1) is 0 Å². The predicted molar refractivity (Wildman–Crippen MR) is 83.4 cm³/mol. The van der Waals surface area contributed by atoms with E-state index in [2.05, 4.69) is 30.0 Å². The van der Waals surface area contributed by atoms with E-state index in [0.29, 0.717) is 0 Å². The molecule has 1 aromatic carbocycles. The maximum Gasteiger partial charge on any atom is 0.324 e. The lowest BCUT2D eigenvalue weighted by Gasteiger charge is -2.34. The van der Waals surface area contributed by atoms with E-state index in [1.165, 1.54) is 36.0 Å². The Bertz CT molecular complexity index is 540. The van der Waals surface area contributed by atoms with Gasteiger partial charge in [-0.3, -0.25) is 9.69 Å². The average Bonchev–Trinajstić information content (AvgIpc) is 3.07. The largest absolute Gasteiger partial charge is 0.480 e. The summed E-state index contributed by atoms with van der Waals surface area (Å²) in [4.78, 5) is 14.1. The third kappa shape index (κ3) is 2.59. The molecule has 21 heavy (non-hydrogen) atoms. The number of likely N-dealkylation sites (tertiary alicyclic amines) is 1. The molecule has 1 aromatic rings. The number of carboxylic acids is 1. The first-order valence-corrected chi connectivity index (χ1v) is 8.25. The third-order valence-corrected chi connectivity index (χ3v) is 5.22. The van der Waals surface area contributed by atoms with Crippen molar-refractivity contribution in [3.8, 4) is 0 Å². The smallest absolute Gasteiger partial charge is 0.324 e. The second kappa shape index (κ2) is 5.80. The van der Waals surface area contributed by atoms with E-state index >= 15 is 0 Å². The van der Waals surface area contributed by atoms with Crippen LogP contribution >= 0.6 is 0 Å². The molecule has 0 aromatic heterocycles. The van der Waals surface area contributed by atoms with Crippen molar-refractivity contribution < 1.29 is 9.90 Å². The number of nitrogens with zero attached hydrogens (tertiary/aromatic N) is 1. The summed E-state index contributed by atoms with van der Waals surface area (Å²) < 4.78 is 0. The van der Waals surface area contributed by atoms with Crippen molar-refractivity contribution in [1.29, 1.82) is 0 Å². The van der Waals surface area contributed by atoms with E-state index in [0.717, 1.165) is 38.8 Å². The minimum absolute atomic E-state index is 0.631. The van der Waals surface area contributed by atoms with E-state index in [9.17, 15) is 9.90 Å². The van der Waals surface area contributed by atoms with Crippen LogP contribution in [-0.4, -0.2) is 28.1 Å². The van der Waals surface area contributed by atoms with Gasteiger partial charge in [-0.1, -0.05) is 31.5 Å². The number of hydrogen-bond acceptors (Lipinski definition) is 2. The molecule has 114 valence electrons. The fraction of sp³-hybridized carbons (Fsp3) is 0.611. The Kier molecular flexibility index (Phi) is 4.03. The Hall–Kier alpha value is -1.35. The Morgan fingerprint density at radius 1 is 1.29 bits per heavy atom. The first-order valence-electron chi connectivity index (χ1n) is 8.25. The van der Waals surface area contributed by atoms with Crippen molar-refractivity contribution in [3.05, 3.63) is 34.9 Å². The zero-order valence-corrected chi connectivity index (χ0v) is 12.9. The molecule has 1 saturated heterocycles. The average molecular weight is 287 g/mol. The highest BCUT2D eigenvalue weighted by atomic mass is 16.4. The van der Waals surface area contributed by atoms with Crippen molar-refractivity contribution in [2.45, 2.75) is 64.0 Å². The summed E-state index contributed by atoms with van der Waals surface area (Å²) in [6.45, 7) is 3.76. The van der Waals surface area contributed by atoms with Gasteiger partial charge in [-0.2, -0.15) is 0 Å². The van der Waals surface area contributed by atoms with Gasteiger partial charge in [-0.05, 0) is 61.8 Å². The van der Waals surface area contributed by atoms with Crippen LogP contribution in [0.25, 0.3) is 0 Å². The van der Waals surface area contributed by atoms with Gasteiger partial charge in [0.2, 0.25) is 0 Å². The number of carbonyl (C=O) groups is 1. The van der Waals surface area contributed by atoms with Gasteiger partial charge in [-0.25, -0.2) is 0 Å². The van der Waals surface area contributed by atoms with Crippen molar-refractivity contribution in [3.63, 3.8) is 0 Å². The van der Waals surface area contributed by atoms with E-state index in [1.54, 1.807) is 0 Å². The van der Waals surface area contributed by atoms with E-state index < -0.39 is 11.5 Å². The predicted octanol–water partition coefficient (Wildman–Crippen LogP) is 3.39. The second-order valence-corrected chi connectivity index (χ2v) is 6.57. The highest BCUT2D eigenvalue weighted by molar-refractivity contribution is 5.79. The number of aliphatic carboxylic acids is 1. The molecule has 0 saturated carbocycles. The lowest BCUT2D eigenvalue weighted by Crippen LogP contribution is -2.49. The zero-order valence-electron chi connectivity index (χ0n) is 12.9. The standard InChI is InChI=1S/C18H25NO2/c1-2-9-18(17(20)21)10-4-11-19(18)13-14-7-8-15-5-3-6-16(15)12-14/h7-8,12H,2-6,9-11,13H2,1H3,(H,20,21). The van der Waals surface area contributed by atoms with Crippen LogP contribution in [0.5, 0.6) is 0 Å². The van der Waals surface area contributed by atoms with Crippen molar-refractivity contribution in [2.24, 2.45) is 0 Å². The summed E-state index contributed by atoms with van der Waals surface area (Å²) in [5, 5.41) is 9.76. The molecule has 0 spiro atoms. The van der Waals surface area contributed by atoms with Gasteiger partial charge < -0.3 is 5.11 Å². The van der Waals surface area contributed by atoms with Crippen molar-refractivity contribution in [1.82, 2.24) is 4.90 Å². The van der Waals surface area contributed by atoms with Crippen LogP contribution in [0.4, 0.5) is 0 Å². The van der Waals surface area contributed by atoms with Crippen LogP contribution < -0.4 is 0 Å². The molecule has 3 nitrogen and oxygen atoms in total. The molecule has 0 bridgehead atoms. The van der Waals surface area contributed by atoms with Crippen molar-refractivity contribution in [2.75, 3.05) is 6.54 Å². The first kappa shape index (κ1) is 14.6. The molecule has 1 unspecified atom stereocenters. The molecule has 1 aliphatic carbocycles. The topological polar surface area (TPSA) is 40.5 Å². The summed E-state index contributed by atoms with van der Waals surface area (Å²) in [5.41, 5.74) is 3.61. The SMILES string of the molecule is CCCC1(C(=O)O)CCCN1Cc1ccc2c(c1)CCC2. The molecule has 3 heteroatoms. The van der Waals surface area contributed by atoms with Crippen LogP contribution in [0.3, 0.4) is 0 Å². The zero-order chi connectivity index (χ0) is 14.9. The van der Waals surface area contributed by atoms with Gasteiger partial charge in [0, 0.05) is 6.54 Å². The molecule has 0 radical (unpaired) electrons. The normalized spacial score (nSPS) is 25.2. The number of hydrogen-bond donors (Lipinski definition) is 1. The molecule has 1 fully saturated rings. The third-order valence-electron chi connectivity index (χ3n) is 5.22. The van der Waals surface area contributed by atoms with Crippen LogP contribution in [-0.2, 0) is 24.2 Å². The highest BCUT2D eigenvalue weighted by Gasteiger charge is 2.46. The summed E-state index contributed by atoms with van der Waals surface area (Å²) in [7, 11) is 0. The number of fused-ring (bicyclic) bond motifs is 1. The molecule has 3 rings (SSSR count). The fourth-order valence-electron chi connectivity index (χ4n) is 4.15. The molecule has 0 amide bonds. The molecule has 1 heterocycles. The minimum atomic E-state index is -0.636. The maximum absolute atomic E-state index is 11.9. The Morgan fingerprint density at radius 3 is 2.86 bits per heavy atom. The van der Waals surface area contributed by atoms with Gasteiger partial charge in [-0.15, -0.1) is 0 Å². The molecule has 1 N–H and O–H groups in total. The Morgan fingerprint density at radius 2 is 2.10 bits per heavy atom. The first-order chi connectivity index (χ1) is 10.2. The quantitative estimate of drug-likeness (QED) is 0.902. The van der Waals surface area contributed by atoms with Gasteiger partial charge in [0.15, 0.2) is 0 Å². The maximum atomic E-state index is 11.9. The van der Waals surface area contributed by atoms with Gasteiger partial charge >= 0.3 is 5.97 Å². The number of benzene rings is 1. The summed E-state index contributed by atoms with van der Waals surface area (Å²) in [5.74, 6) is -0.636. The van der Waals surface area contributed by atoms with Gasteiger partial charge in [0.1, 0.15) is 5.54 Å². The minimum Gasteiger partial charge on any atom is -0.480 e. The number of carboxylic acid groups (broad SMARTS) is 1. The summed E-state index contributed by atoms with van der Waals surface area (Å²) >= 11 is 0. The van der Waals surface area contributed by atoms with Crippen molar-refractivity contribution >= 4 is 5.97 Å². The van der Waals surface area contributed by atoms with Crippen LogP contribution in [0.2, 0.25) is 0 Å². The van der Waals surface area contributed by atoms with E-state index in [4.69, 9.17) is 0 Å². The van der Waals surface area contributed by atoms with E-state index in [1.807, 2.05) is 0 Å². The molecular formula is C18H25NO2. The molecule has 1 aliphatic heterocycles. The van der Waals surface area contributed by atoms with Crippen LogP contribution in [0.15, 0.2) is 18.2 Å². The molecular weight excluding hydrogens is 262 g/mol. The Balaban J connectivity index is 1.81. The summed E-state index contributed by atoms with van der Waals surface area (Å²) in [6, 6.07) is 6.75. The molecule has 1 atom stereocenters. The number of aryl methyl sites for hydroxylation is 2. The highest BCUT2D eigenvalue weighted by Crippen LogP contribution is 2.35. The lowest BCUT2D eigenvalue weighted by molar-refractivity contribution is -0.150. The number of rotatable bonds is 5. The second-order valence-electron chi connectivity index (χ2n) is 6.57. The summed E-state index contributed by atoms with van der Waals surface area (Å²) in [6.07, 6.45) is 7.12. The van der Waals surface area contributed by atoms with Gasteiger partial charge in [0.25, 0.3) is 0 Å². The van der Waals surface area contributed by atoms with Crippen LogP contribution in [0.1, 0.15) is 55.7 Å². The monoisotopic (exact) mass is 287 g/mol.